The van der Waals surface area contributed by atoms with Gasteiger partial charge in [-0.25, -0.2) is 0 Å². The highest BCUT2D eigenvalue weighted by Gasteiger charge is 2.10. The first-order valence-corrected chi connectivity index (χ1v) is 4.76. The molecule has 0 aliphatic heterocycles. The highest BCUT2D eigenvalue weighted by atomic mass is 16.4. The van der Waals surface area contributed by atoms with E-state index in [1.165, 1.54) is 0 Å². The van der Waals surface area contributed by atoms with E-state index < -0.39 is 12.1 Å². The molecule has 0 spiro atoms. The maximum absolute atomic E-state index is 10.3. The summed E-state index contributed by atoms with van der Waals surface area (Å²) in [5.74, 6) is -0.834. The van der Waals surface area contributed by atoms with E-state index in [0.717, 1.165) is 5.56 Å². The van der Waals surface area contributed by atoms with Gasteiger partial charge in [0.1, 0.15) is 5.75 Å². The van der Waals surface area contributed by atoms with Gasteiger partial charge in [0.2, 0.25) is 0 Å². The van der Waals surface area contributed by atoms with Crippen LogP contribution in [0.2, 0.25) is 0 Å². The van der Waals surface area contributed by atoms with Gasteiger partial charge in [-0.2, -0.15) is 0 Å². The van der Waals surface area contributed by atoms with Crippen molar-refractivity contribution in [2.75, 3.05) is 0 Å². The molecule has 0 aliphatic rings. The van der Waals surface area contributed by atoms with E-state index in [4.69, 9.17) is 5.11 Å². The molecular weight excluding hydrogens is 196 g/mol. The SMILES string of the molecule is O=C(O)CC(O)CCc1ccccc1O. The smallest absolute Gasteiger partial charge is 0.305 e. The van der Waals surface area contributed by atoms with Crippen LogP contribution in [0.3, 0.4) is 0 Å². The number of carboxylic acids is 1. The number of benzene rings is 1. The summed E-state index contributed by atoms with van der Waals surface area (Å²) >= 11 is 0. The molecule has 1 rings (SSSR count). The fourth-order valence-electron chi connectivity index (χ4n) is 1.35. The molecule has 0 fully saturated rings. The molecule has 4 heteroatoms. The Balaban J connectivity index is 2.43. The summed E-state index contributed by atoms with van der Waals surface area (Å²) in [6.07, 6.45) is -0.305. The van der Waals surface area contributed by atoms with Crippen LogP contribution in [0.15, 0.2) is 24.3 Å². The highest BCUT2D eigenvalue weighted by Crippen LogP contribution is 2.18. The third kappa shape index (κ3) is 3.99. The third-order valence-corrected chi connectivity index (χ3v) is 2.15. The molecule has 0 aromatic heterocycles. The highest BCUT2D eigenvalue weighted by molar-refractivity contribution is 5.67. The Labute approximate surface area is 87.8 Å². The summed E-state index contributed by atoms with van der Waals surface area (Å²) in [5.41, 5.74) is 0.724. The zero-order valence-electron chi connectivity index (χ0n) is 8.26. The number of phenols is 1. The van der Waals surface area contributed by atoms with E-state index in [1.807, 2.05) is 0 Å². The maximum atomic E-state index is 10.3. The number of aromatic hydroxyl groups is 1. The van der Waals surface area contributed by atoms with E-state index in [2.05, 4.69) is 0 Å². The number of hydrogen-bond donors (Lipinski definition) is 3. The minimum Gasteiger partial charge on any atom is -0.508 e. The first kappa shape index (κ1) is 11.5. The monoisotopic (exact) mass is 210 g/mol. The van der Waals surface area contributed by atoms with Gasteiger partial charge in [0.15, 0.2) is 0 Å². The van der Waals surface area contributed by atoms with Crippen molar-refractivity contribution in [2.24, 2.45) is 0 Å². The molecule has 1 aromatic carbocycles. The number of aliphatic hydroxyl groups is 1. The Hall–Kier alpha value is -1.55. The Morgan fingerprint density at radius 3 is 2.60 bits per heavy atom. The molecule has 0 amide bonds. The lowest BCUT2D eigenvalue weighted by molar-refractivity contribution is -0.139. The molecule has 82 valence electrons. The quantitative estimate of drug-likeness (QED) is 0.681. The molecule has 4 nitrogen and oxygen atoms in total. The van der Waals surface area contributed by atoms with Crippen LogP contribution < -0.4 is 0 Å². The average molecular weight is 210 g/mol. The predicted molar refractivity (Wildman–Crippen MR) is 54.7 cm³/mol. The predicted octanol–water partition coefficient (Wildman–Crippen LogP) is 1.16. The number of aliphatic carboxylic acids is 1. The maximum Gasteiger partial charge on any atom is 0.305 e. The van der Waals surface area contributed by atoms with E-state index >= 15 is 0 Å². The second-order valence-corrected chi connectivity index (χ2v) is 3.42. The molecule has 0 saturated heterocycles. The molecular formula is C11H14O4. The summed E-state index contributed by atoms with van der Waals surface area (Å²) in [6, 6.07) is 6.83. The fraction of sp³-hybridized carbons (Fsp3) is 0.364. The van der Waals surface area contributed by atoms with Gasteiger partial charge in [-0.1, -0.05) is 18.2 Å². The lowest BCUT2D eigenvalue weighted by atomic mass is 10.0. The Bertz CT molecular complexity index is 335. The summed E-state index contributed by atoms with van der Waals surface area (Å²) in [7, 11) is 0. The Kier molecular flexibility index (Phi) is 4.12. The van der Waals surface area contributed by atoms with Gasteiger partial charge in [-0.3, -0.25) is 4.79 Å². The van der Waals surface area contributed by atoms with Gasteiger partial charge < -0.3 is 15.3 Å². The van der Waals surface area contributed by atoms with Crippen molar-refractivity contribution in [3.8, 4) is 5.75 Å². The van der Waals surface area contributed by atoms with Crippen molar-refractivity contribution < 1.29 is 20.1 Å². The fourth-order valence-corrected chi connectivity index (χ4v) is 1.35. The second kappa shape index (κ2) is 5.36. The van der Waals surface area contributed by atoms with Gasteiger partial charge in [-0.05, 0) is 24.5 Å². The van der Waals surface area contributed by atoms with E-state index in [-0.39, 0.29) is 12.2 Å². The van der Waals surface area contributed by atoms with Gasteiger partial charge in [-0.15, -0.1) is 0 Å². The average Bonchev–Trinajstić information content (AvgIpc) is 2.15. The van der Waals surface area contributed by atoms with Crippen LogP contribution in [0, 0.1) is 0 Å². The number of carboxylic acid groups (broad SMARTS) is 1. The van der Waals surface area contributed by atoms with Gasteiger partial charge >= 0.3 is 5.97 Å². The van der Waals surface area contributed by atoms with Crippen LogP contribution in [-0.4, -0.2) is 27.4 Å². The van der Waals surface area contributed by atoms with E-state index in [1.54, 1.807) is 24.3 Å². The Morgan fingerprint density at radius 1 is 1.33 bits per heavy atom. The van der Waals surface area contributed by atoms with Crippen molar-refractivity contribution in [2.45, 2.75) is 25.4 Å². The van der Waals surface area contributed by atoms with Crippen molar-refractivity contribution >= 4 is 5.97 Å². The molecule has 1 unspecified atom stereocenters. The van der Waals surface area contributed by atoms with Crippen LogP contribution in [0.1, 0.15) is 18.4 Å². The standard InChI is InChI=1S/C11H14O4/c12-9(7-11(14)15)6-5-8-3-1-2-4-10(8)13/h1-4,9,12-13H,5-7H2,(H,14,15). The molecule has 15 heavy (non-hydrogen) atoms. The van der Waals surface area contributed by atoms with Crippen LogP contribution >= 0.6 is 0 Å². The molecule has 0 aliphatic carbocycles. The first-order chi connectivity index (χ1) is 7.09. The summed E-state index contributed by atoms with van der Waals surface area (Å²) in [6.45, 7) is 0. The largest absolute Gasteiger partial charge is 0.508 e. The van der Waals surface area contributed by atoms with Crippen LogP contribution in [-0.2, 0) is 11.2 Å². The lowest BCUT2D eigenvalue weighted by Gasteiger charge is -2.08. The summed E-state index contributed by atoms with van der Waals surface area (Å²) in [5, 5.41) is 27.1. The van der Waals surface area contributed by atoms with Gasteiger partial charge in [0.25, 0.3) is 0 Å². The van der Waals surface area contributed by atoms with E-state index in [9.17, 15) is 15.0 Å². The Morgan fingerprint density at radius 2 is 2.00 bits per heavy atom. The second-order valence-electron chi connectivity index (χ2n) is 3.42. The number of aliphatic hydroxyl groups excluding tert-OH is 1. The normalized spacial score (nSPS) is 12.3. The van der Waals surface area contributed by atoms with Crippen LogP contribution in [0.4, 0.5) is 0 Å². The molecule has 0 bridgehead atoms. The van der Waals surface area contributed by atoms with Crippen molar-refractivity contribution in [1.29, 1.82) is 0 Å². The molecule has 1 atom stereocenters. The summed E-state index contributed by atoms with van der Waals surface area (Å²) < 4.78 is 0. The number of phenolic OH excluding ortho intramolecular Hbond substituents is 1. The minimum atomic E-state index is -1.01. The van der Waals surface area contributed by atoms with Crippen LogP contribution in [0.25, 0.3) is 0 Å². The number of carbonyl (C=O) groups is 1. The lowest BCUT2D eigenvalue weighted by Crippen LogP contribution is -2.13. The van der Waals surface area contributed by atoms with Gasteiger partial charge in [0, 0.05) is 0 Å². The van der Waals surface area contributed by atoms with Crippen molar-refractivity contribution in [3.63, 3.8) is 0 Å². The molecule has 0 saturated carbocycles. The minimum absolute atomic E-state index is 0.181. The topological polar surface area (TPSA) is 77.8 Å². The van der Waals surface area contributed by atoms with Crippen molar-refractivity contribution in [1.82, 2.24) is 0 Å². The zero-order chi connectivity index (χ0) is 11.3. The third-order valence-electron chi connectivity index (χ3n) is 2.15. The molecule has 3 N–H and O–H groups in total. The molecule has 0 radical (unpaired) electrons. The molecule has 0 heterocycles. The summed E-state index contributed by atoms with van der Waals surface area (Å²) in [4.78, 5) is 10.3. The van der Waals surface area contributed by atoms with E-state index in [0.29, 0.717) is 12.8 Å². The van der Waals surface area contributed by atoms with Gasteiger partial charge in [0.05, 0.1) is 12.5 Å². The zero-order valence-corrected chi connectivity index (χ0v) is 8.26. The first-order valence-electron chi connectivity index (χ1n) is 4.76. The number of rotatable bonds is 5. The number of aryl methyl sites for hydroxylation is 1. The number of para-hydroxylation sites is 1. The van der Waals surface area contributed by atoms with Crippen molar-refractivity contribution in [3.05, 3.63) is 29.8 Å². The van der Waals surface area contributed by atoms with Crippen LogP contribution in [0.5, 0.6) is 5.75 Å². The molecule has 1 aromatic rings. The number of hydrogen-bond acceptors (Lipinski definition) is 3.